The SMILES string of the molecule is [B]c1cccc(-c2cn[nH]c2)n1. The molecule has 2 rings (SSSR count). The molecule has 2 radical (unpaired) electrons. The van der Waals surface area contributed by atoms with E-state index >= 15 is 0 Å². The minimum atomic E-state index is 0.522. The summed E-state index contributed by atoms with van der Waals surface area (Å²) in [4.78, 5) is 4.13. The number of pyridine rings is 1. The summed E-state index contributed by atoms with van der Waals surface area (Å²) >= 11 is 0. The summed E-state index contributed by atoms with van der Waals surface area (Å²) in [5.74, 6) is 0. The number of aromatic amines is 1. The zero-order valence-corrected chi connectivity index (χ0v) is 6.36. The fourth-order valence-electron chi connectivity index (χ4n) is 1.00. The standard InChI is InChI=1S/C8H6BN3/c9-8-3-1-2-7(12-8)6-4-10-11-5-6/h1-5H,(H,10,11). The van der Waals surface area contributed by atoms with Crippen LogP contribution in [0.5, 0.6) is 0 Å². The second-order valence-electron chi connectivity index (χ2n) is 2.43. The lowest BCUT2D eigenvalue weighted by atomic mass is 10.0. The number of hydrogen-bond acceptors (Lipinski definition) is 2. The highest BCUT2D eigenvalue weighted by Crippen LogP contribution is 2.11. The smallest absolute Gasteiger partial charge is 0.141 e. The third kappa shape index (κ3) is 1.23. The maximum atomic E-state index is 5.52. The Morgan fingerprint density at radius 3 is 2.92 bits per heavy atom. The number of nitrogens with zero attached hydrogens (tertiary/aromatic N) is 2. The van der Waals surface area contributed by atoms with Crippen LogP contribution < -0.4 is 5.59 Å². The molecular formula is C8H6BN3. The summed E-state index contributed by atoms with van der Waals surface area (Å²) in [6, 6.07) is 5.51. The molecule has 4 heteroatoms. The Bertz CT molecular complexity index is 370. The molecule has 0 spiro atoms. The molecule has 0 bridgehead atoms. The van der Waals surface area contributed by atoms with E-state index in [4.69, 9.17) is 7.85 Å². The Hall–Kier alpha value is -1.58. The van der Waals surface area contributed by atoms with Crippen molar-refractivity contribution in [1.82, 2.24) is 15.2 Å². The van der Waals surface area contributed by atoms with Crippen LogP contribution in [0.3, 0.4) is 0 Å². The molecule has 0 fully saturated rings. The van der Waals surface area contributed by atoms with Crippen LogP contribution in [-0.2, 0) is 0 Å². The van der Waals surface area contributed by atoms with Crippen molar-refractivity contribution in [3.05, 3.63) is 30.6 Å². The Kier molecular flexibility index (Phi) is 1.66. The van der Waals surface area contributed by atoms with Crippen molar-refractivity contribution in [3.8, 4) is 11.3 Å². The average molecular weight is 155 g/mol. The number of rotatable bonds is 1. The lowest BCUT2D eigenvalue weighted by Gasteiger charge is -1.96. The van der Waals surface area contributed by atoms with E-state index < -0.39 is 0 Å². The zero-order chi connectivity index (χ0) is 8.39. The summed E-state index contributed by atoms with van der Waals surface area (Å²) in [7, 11) is 5.52. The van der Waals surface area contributed by atoms with Gasteiger partial charge in [-0.25, -0.2) is 0 Å². The molecule has 0 aliphatic heterocycles. The lowest BCUT2D eigenvalue weighted by molar-refractivity contribution is 1.09. The number of H-pyrrole nitrogens is 1. The molecule has 0 unspecified atom stereocenters. The minimum Gasteiger partial charge on any atom is -0.285 e. The first-order valence-corrected chi connectivity index (χ1v) is 3.58. The van der Waals surface area contributed by atoms with E-state index in [9.17, 15) is 0 Å². The van der Waals surface area contributed by atoms with Gasteiger partial charge in [0.05, 0.1) is 11.9 Å². The van der Waals surface area contributed by atoms with Gasteiger partial charge in [-0.05, 0) is 11.7 Å². The Labute approximate surface area is 71.3 Å². The van der Waals surface area contributed by atoms with Crippen molar-refractivity contribution in [3.63, 3.8) is 0 Å². The number of hydrogen-bond donors (Lipinski definition) is 1. The van der Waals surface area contributed by atoms with Crippen LogP contribution in [-0.4, -0.2) is 23.0 Å². The molecule has 0 saturated heterocycles. The van der Waals surface area contributed by atoms with Crippen molar-refractivity contribution in [1.29, 1.82) is 0 Å². The molecule has 0 aromatic carbocycles. The van der Waals surface area contributed by atoms with E-state index in [0.29, 0.717) is 5.59 Å². The van der Waals surface area contributed by atoms with Gasteiger partial charge in [-0.2, -0.15) is 5.10 Å². The first-order chi connectivity index (χ1) is 5.86. The maximum Gasteiger partial charge on any atom is 0.141 e. The molecule has 12 heavy (non-hydrogen) atoms. The van der Waals surface area contributed by atoms with Crippen molar-refractivity contribution in [2.75, 3.05) is 0 Å². The molecule has 0 saturated carbocycles. The first-order valence-electron chi connectivity index (χ1n) is 3.58. The number of nitrogens with one attached hydrogen (secondary N) is 1. The highest BCUT2D eigenvalue weighted by Gasteiger charge is 1.98. The predicted molar refractivity (Wildman–Crippen MR) is 47.2 cm³/mol. The van der Waals surface area contributed by atoms with Crippen molar-refractivity contribution < 1.29 is 0 Å². The van der Waals surface area contributed by atoms with E-state index in [-0.39, 0.29) is 0 Å². The van der Waals surface area contributed by atoms with Crippen LogP contribution in [0.25, 0.3) is 11.3 Å². The quantitative estimate of drug-likeness (QED) is 0.600. The zero-order valence-electron chi connectivity index (χ0n) is 6.36. The lowest BCUT2D eigenvalue weighted by Crippen LogP contribution is -2.07. The van der Waals surface area contributed by atoms with Crippen LogP contribution in [0, 0.1) is 0 Å². The molecular weight excluding hydrogens is 149 g/mol. The topological polar surface area (TPSA) is 41.6 Å². The molecule has 3 nitrogen and oxygen atoms in total. The molecule has 2 aromatic rings. The van der Waals surface area contributed by atoms with E-state index in [1.54, 1.807) is 18.5 Å². The molecule has 0 atom stereocenters. The first kappa shape index (κ1) is 7.09. The Morgan fingerprint density at radius 2 is 2.25 bits per heavy atom. The normalized spacial score (nSPS) is 10.0. The monoisotopic (exact) mass is 155 g/mol. The fraction of sp³-hybridized carbons (Fsp3) is 0. The molecule has 2 aromatic heterocycles. The van der Waals surface area contributed by atoms with Gasteiger partial charge < -0.3 is 0 Å². The average Bonchev–Trinajstić information content (AvgIpc) is 2.56. The molecule has 2 heterocycles. The van der Waals surface area contributed by atoms with Crippen LogP contribution in [0.15, 0.2) is 30.6 Å². The van der Waals surface area contributed by atoms with E-state index in [2.05, 4.69) is 15.2 Å². The third-order valence-electron chi connectivity index (χ3n) is 1.56. The van der Waals surface area contributed by atoms with Gasteiger partial charge in [0.1, 0.15) is 7.85 Å². The van der Waals surface area contributed by atoms with Gasteiger partial charge in [0, 0.05) is 11.8 Å². The van der Waals surface area contributed by atoms with Gasteiger partial charge in [0.2, 0.25) is 0 Å². The highest BCUT2D eigenvalue weighted by atomic mass is 15.1. The van der Waals surface area contributed by atoms with E-state index in [1.807, 2.05) is 12.1 Å². The molecule has 0 amide bonds. The summed E-state index contributed by atoms with van der Waals surface area (Å²) in [6.45, 7) is 0. The van der Waals surface area contributed by atoms with Gasteiger partial charge in [0.25, 0.3) is 0 Å². The second kappa shape index (κ2) is 2.81. The molecule has 0 aliphatic rings. The molecule has 0 aliphatic carbocycles. The molecule has 56 valence electrons. The second-order valence-corrected chi connectivity index (χ2v) is 2.43. The van der Waals surface area contributed by atoms with E-state index in [1.165, 1.54) is 0 Å². The van der Waals surface area contributed by atoms with Crippen LogP contribution in [0.1, 0.15) is 0 Å². The Balaban J connectivity index is 2.48. The van der Waals surface area contributed by atoms with Gasteiger partial charge >= 0.3 is 0 Å². The summed E-state index contributed by atoms with van der Waals surface area (Å²) in [5.41, 5.74) is 2.31. The van der Waals surface area contributed by atoms with Crippen molar-refractivity contribution in [2.45, 2.75) is 0 Å². The molecule has 1 N–H and O–H groups in total. The van der Waals surface area contributed by atoms with Crippen LogP contribution in [0.4, 0.5) is 0 Å². The summed E-state index contributed by atoms with van der Waals surface area (Å²) in [6.07, 6.45) is 3.49. The van der Waals surface area contributed by atoms with E-state index in [0.717, 1.165) is 11.3 Å². The minimum absolute atomic E-state index is 0.522. The van der Waals surface area contributed by atoms with Crippen LogP contribution in [0.2, 0.25) is 0 Å². The Morgan fingerprint density at radius 1 is 1.33 bits per heavy atom. The largest absolute Gasteiger partial charge is 0.285 e. The highest BCUT2D eigenvalue weighted by molar-refractivity contribution is 6.30. The third-order valence-corrected chi connectivity index (χ3v) is 1.56. The summed E-state index contributed by atoms with van der Waals surface area (Å²) in [5, 5.41) is 6.54. The fourth-order valence-corrected chi connectivity index (χ4v) is 1.00. The van der Waals surface area contributed by atoms with Crippen LogP contribution >= 0.6 is 0 Å². The van der Waals surface area contributed by atoms with Gasteiger partial charge in [-0.3, -0.25) is 10.1 Å². The van der Waals surface area contributed by atoms with Crippen molar-refractivity contribution >= 4 is 13.4 Å². The predicted octanol–water partition coefficient (Wildman–Crippen LogP) is 0.265. The number of aromatic nitrogens is 3. The van der Waals surface area contributed by atoms with Gasteiger partial charge in [-0.15, -0.1) is 0 Å². The van der Waals surface area contributed by atoms with Gasteiger partial charge in [-0.1, -0.05) is 12.1 Å². The van der Waals surface area contributed by atoms with Crippen molar-refractivity contribution in [2.24, 2.45) is 0 Å². The maximum absolute atomic E-state index is 5.52. The summed E-state index contributed by atoms with van der Waals surface area (Å²) < 4.78 is 0. The van der Waals surface area contributed by atoms with Gasteiger partial charge in [0.15, 0.2) is 0 Å².